The number of benzene rings is 2. The first-order valence-corrected chi connectivity index (χ1v) is 10.5. The summed E-state index contributed by atoms with van der Waals surface area (Å²) in [4.78, 5) is 3.63. The van der Waals surface area contributed by atoms with Crippen molar-refractivity contribution in [2.45, 2.75) is 31.9 Å². The number of hydrogen-bond acceptors (Lipinski definition) is 4. The van der Waals surface area contributed by atoms with Gasteiger partial charge in [-0.3, -0.25) is 0 Å². The summed E-state index contributed by atoms with van der Waals surface area (Å²) in [5.41, 5.74) is 5.81. The van der Waals surface area contributed by atoms with Gasteiger partial charge in [0.25, 0.3) is 0 Å². The zero-order valence-electron chi connectivity index (χ0n) is 17.1. The van der Waals surface area contributed by atoms with Gasteiger partial charge in [-0.2, -0.15) is 0 Å². The number of rotatable bonds is 9. The van der Waals surface area contributed by atoms with E-state index in [1.54, 1.807) is 7.11 Å². The summed E-state index contributed by atoms with van der Waals surface area (Å²) in [6.07, 6.45) is 2.98. The number of methoxy groups -OCH3 is 1. The van der Waals surface area contributed by atoms with E-state index in [0.717, 1.165) is 56.0 Å². The van der Waals surface area contributed by atoms with Crippen LogP contribution in [0.4, 0.5) is 5.69 Å². The van der Waals surface area contributed by atoms with E-state index in [0.29, 0.717) is 19.3 Å². The molecule has 4 rings (SSSR count). The molecule has 3 aromatic rings. The number of H-pyrrole nitrogens is 1. The molecule has 0 unspecified atom stereocenters. The zero-order chi connectivity index (χ0) is 19.9. The molecule has 0 amide bonds. The predicted molar refractivity (Wildman–Crippen MR) is 117 cm³/mol. The molecule has 2 heterocycles. The van der Waals surface area contributed by atoms with Gasteiger partial charge in [-0.05, 0) is 48.6 Å². The number of nitrogens with one attached hydrogen (secondary N) is 2. The van der Waals surface area contributed by atoms with E-state index in [1.165, 1.54) is 16.5 Å². The molecule has 0 bridgehead atoms. The van der Waals surface area contributed by atoms with Crippen molar-refractivity contribution < 1.29 is 14.2 Å². The number of aromatic amines is 1. The Morgan fingerprint density at radius 3 is 2.69 bits per heavy atom. The third-order valence-electron chi connectivity index (χ3n) is 5.36. The average Bonchev–Trinajstić information content (AvgIpc) is 3.20. The van der Waals surface area contributed by atoms with Crippen molar-refractivity contribution in [1.82, 2.24) is 4.98 Å². The Labute approximate surface area is 172 Å². The fraction of sp³-hybridized carbons (Fsp3) is 0.417. The number of anilines is 1. The largest absolute Gasteiger partial charge is 0.385 e. The fourth-order valence-electron chi connectivity index (χ4n) is 3.83. The van der Waals surface area contributed by atoms with E-state index >= 15 is 0 Å². The first-order valence-electron chi connectivity index (χ1n) is 10.5. The lowest BCUT2D eigenvalue weighted by atomic mass is 10.1. The molecule has 154 valence electrons. The Hall–Kier alpha value is -2.34. The topological polar surface area (TPSA) is 55.5 Å². The van der Waals surface area contributed by atoms with Crippen molar-refractivity contribution in [1.29, 1.82) is 0 Å². The Kier molecular flexibility index (Phi) is 6.83. The molecular formula is C24H30N2O3. The molecule has 1 fully saturated rings. The first-order chi connectivity index (χ1) is 14.3. The molecule has 0 saturated carbocycles. The summed E-state index contributed by atoms with van der Waals surface area (Å²) in [6, 6.07) is 17.6. The van der Waals surface area contributed by atoms with Gasteiger partial charge in [0.1, 0.15) is 0 Å². The number of ether oxygens (including phenoxy) is 3. The van der Waals surface area contributed by atoms with E-state index in [-0.39, 0.29) is 0 Å². The lowest BCUT2D eigenvalue weighted by Gasteiger charge is -2.24. The van der Waals surface area contributed by atoms with E-state index in [4.69, 9.17) is 14.2 Å². The highest BCUT2D eigenvalue weighted by Gasteiger charge is 2.16. The van der Waals surface area contributed by atoms with Crippen LogP contribution < -0.4 is 5.32 Å². The molecule has 1 saturated heterocycles. The molecule has 0 radical (unpaired) electrons. The predicted octanol–water partition coefficient (Wildman–Crippen LogP) is 4.98. The number of hydrogen-bond donors (Lipinski definition) is 2. The number of aromatic nitrogens is 1. The summed E-state index contributed by atoms with van der Waals surface area (Å²) in [5.74, 6) is 0. The normalized spacial score (nSPS) is 15.1. The Morgan fingerprint density at radius 1 is 1.07 bits per heavy atom. The van der Waals surface area contributed by atoms with Crippen molar-refractivity contribution in [2.75, 3.05) is 38.9 Å². The smallest absolute Gasteiger partial charge is 0.0717 e. The summed E-state index contributed by atoms with van der Waals surface area (Å²) in [6.45, 7) is 3.69. The van der Waals surface area contributed by atoms with E-state index < -0.39 is 0 Å². The minimum absolute atomic E-state index is 0.438. The Bertz CT molecular complexity index is 901. The van der Waals surface area contributed by atoms with Crippen LogP contribution in [-0.2, 0) is 20.8 Å². The monoisotopic (exact) mass is 394 g/mol. The third-order valence-corrected chi connectivity index (χ3v) is 5.36. The van der Waals surface area contributed by atoms with Crippen LogP contribution >= 0.6 is 0 Å². The molecule has 0 spiro atoms. The van der Waals surface area contributed by atoms with Crippen LogP contribution in [-0.4, -0.2) is 44.6 Å². The summed E-state index contributed by atoms with van der Waals surface area (Å²) >= 11 is 0. The molecule has 1 aromatic heterocycles. The van der Waals surface area contributed by atoms with Gasteiger partial charge in [0, 0.05) is 50.7 Å². The molecule has 1 aliphatic heterocycles. The molecule has 5 nitrogen and oxygen atoms in total. The Balaban J connectivity index is 1.60. The van der Waals surface area contributed by atoms with Crippen molar-refractivity contribution >= 4 is 16.6 Å². The zero-order valence-corrected chi connectivity index (χ0v) is 17.1. The lowest BCUT2D eigenvalue weighted by Crippen LogP contribution is -2.28. The lowest BCUT2D eigenvalue weighted by molar-refractivity contribution is 0.0903. The second-order valence-electron chi connectivity index (χ2n) is 7.59. The number of fused-ring (bicyclic) bond motifs is 1. The Morgan fingerprint density at radius 2 is 1.90 bits per heavy atom. The summed E-state index contributed by atoms with van der Waals surface area (Å²) < 4.78 is 16.5. The minimum Gasteiger partial charge on any atom is -0.385 e. The second kappa shape index (κ2) is 9.92. The SMILES string of the molecule is COCCCOCc1cc(NC2CCOCC2)c2[nH]c(-c3ccccc3)cc2c1. The standard InChI is InChI=1S/C24H30N2O3/c1-27-10-5-11-29-17-18-14-20-16-22(19-6-3-2-4-7-19)26-24(20)23(15-18)25-21-8-12-28-13-9-21/h2-4,6-7,14-16,21,25-26H,5,8-13,17H2,1H3. The van der Waals surface area contributed by atoms with Crippen LogP contribution in [0.5, 0.6) is 0 Å². The maximum atomic E-state index is 5.87. The molecule has 2 N–H and O–H groups in total. The first kappa shape index (κ1) is 20.0. The second-order valence-corrected chi connectivity index (χ2v) is 7.59. The molecule has 5 heteroatoms. The quantitative estimate of drug-likeness (QED) is 0.503. The molecule has 2 aromatic carbocycles. The fourth-order valence-corrected chi connectivity index (χ4v) is 3.83. The van der Waals surface area contributed by atoms with Gasteiger partial charge in [0.2, 0.25) is 0 Å². The average molecular weight is 395 g/mol. The van der Waals surface area contributed by atoms with Crippen LogP contribution in [0.3, 0.4) is 0 Å². The van der Waals surface area contributed by atoms with Gasteiger partial charge in [-0.1, -0.05) is 30.3 Å². The van der Waals surface area contributed by atoms with Gasteiger partial charge in [-0.15, -0.1) is 0 Å². The van der Waals surface area contributed by atoms with E-state index in [1.807, 2.05) is 6.07 Å². The van der Waals surface area contributed by atoms with Gasteiger partial charge in [-0.25, -0.2) is 0 Å². The van der Waals surface area contributed by atoms with Gasteiger partial charge >= 0.3 is 0 Å². The molecule has 0 aliphatic carbocycles. The molecule has 29 heavy (non-hydrogen) atoms. The van der Waals surface area contributed by atoms with Crippen molar-refractivity contribution in [3.8, 4) is 11.3 Å². The van der Waals surface area contributed by atoms with Gasteiger partial charge < -0.3 is 24.5 Å². The van der Waals surface area contributed by atoms with Crippen LogP contribution in [0.25, 0.3) is 22.2 Å². The van der Waals surface area contributed by atoms with Crippen LogP contribution in [0, 0.1) is 0 Å². The summed E-state index contributed by atoms with van der Waals surface area (Å²) in [5, 5.41) is 4.96. The van der Waals surface area contributed by atoms with E-state index in [2.05, 4.69) is 52.8 Å². The van der Waals surface area contributed by atoms with Gasteiger partial charge in [0.05, 0.1) is 17.8 Å². The molecule has 1 aliphatic rings. The van der Waals surface area contributed by atoms with Crippen molar-refractivity contribution in [3.63, 3.8) is 0 Å². The molecule has 0 atom stereocenters. The van der Waals surface area contributed by atoms with Crippen LogP contribution in [0.1, 0.15) is 24.8 Å². The minimum atomic E-state index is 0.438. The maximum absolute atomic E-state index is 5.87. The molecular weight excluding hydrogens is 364 g/mol. The van der Waals surface area contributed by atoms with Crippen LogP contribution in [0.2, 0.25) is 0 Å². The highest BCUT2D eigenvalue weighted by molar-refractivity contribution is 5.95. The third kappa shape index (κ3) is 5.18. The van der Waals surface area contributed by atoms with Crippen molar-refractivity contribution in [2.24, 2.45) is 0 Å². The van der Waals surface area contributed by atoms with Crippen molar-refractivity contribution in [3.05, 3.63) is 54.1 Å². The summed E-state index contributed by atoms with van der Waals surface area (Å²) in [7, 11) is 1.72. The van der Waals surface area contributed by atoms with Crippen LogP contribution in [0.15, 0.2) is 48.5 Å². The highest BCUT2D eigenvalue weighted by Crippen LogP contribution is 2.31. The van der Waals surface area contributed by atoms with E-state index in [9.17, 15) is 0 Å². The van der Waals surface area contributed by atoms with Gasteiger partial charge in [0.15, 0.2) is 0 Å². The maximum Gasteiger partial charge on any atom is 0.0717 e. The highest BCUT2D eigenvalue weighted by atomic mass is 16.5.